The fourth-order valence-corrected chi connectivity index (χ4v) is 2.42. The summed E-state index contributed by atoms with van der Waals surface area (Å²) < 4.78 is 2.76. The van der Waals surface area contributed by atoms with Gasteiger partial charge in [-0.15, -0.1) is 0 Å². The van der Waals surface area contributed by atoms with Gasteiger partial charge in [0.05, 0.1) is 5.69 Å². The van der Waals surface area contributed by atoms with Crippen LogP contribution in [0.2, 0.25) is 0 Å². The molecule has 0 atom stereocenters. The number of hydrogen-bond donors (Lipinski definition) is 1. The number of hydrogen-bond acceptors (Lipinski definition) is 1. The summed E-state index contributed by atoms with van der Waals surface area (Å²) in [5.74, 6) is 0. The molecule has 0 radical (unpaired) electrons. The molecule has 0 aliphatic rings. The van der Waals surface area contributed by atoms with Gasteiger partial charge in [-0.2, -0.15) is 0 Å². The molecule has 3 aromatic rings. The van der Waals surface area contributed by atoms with Crippen LogP contribution in [-0.2, 0) is 0 Å². The molecule has 0 spiro atoms. The average molecular weight is 240 g/mol. The molecule has 84 valence electrons. The van der Waals surface area contributed by atoms with E-state index in [0.717, 1.165) is 16.2 Å². The maximum Gasteiger partial charge on any atom is 0.182 e. The minimum absolute atomic E-state index is 0.735. The van der Waals surface area contributed by atoms with Gasteiger partial charge in [-0.1, -0.05) is 36.4 Å². The summed E-state index contributed by atoms with van der Waals surface area (Å²) in [5, 5.41) is 2.44. The zero-order chi connectivity index (χ0) is 11.8. The number of aromatic amines is 1. The third kappa shape index (κ3) is 1.68. The summed E-state index contributed by atoms with van der Waals surface area (Å²) in [7, 11) is 0. The number of fused-ring (bicyclic) bond motifs is 1. The maximum absolute atomic E-state index is 5.33. The van der Waals surface area contributed by atoms with Crippen molar-refractivity contribution in [3.05, 3.63) is 59.1 Å². The average Bonchev–Trinajstić information content (AvgIpc) is 2.68. The number of nitrogens with zero attached hydrogens (tertiary/aromatic N) is 1. The standard InChI is InChI=1S/C14H12N2S/c1-10-9-16(14(17)15-10)13-8-4-6-11-5-2-3-7-12(11)13/h2-9H,1H3,(H,15,17). The topological polar surface area (TPSA) is 20.7 Å². The third-order valence-corrected chi connectivity index (χ3v) is 3.17. The molecule has 3 rings (SSSR count). The van der Waals surface area contributed by atoms with Crippen LogP contribution >= 0.6 is 12.2 Å². The Morgan fingerprint density at radius 3 is 2.59 bits per heavy atom. The molecule has 1 heterocycles. The van der Waals surface area contributed by atoms with Crippen molar-refractivity contribution in [2.24, 2.45) is 0 Å². The number of aromatic nitrogens is 2. The maximum atomic E-state index is 5.33. The Labute approximate surface area is 105 Å². The van der Waals surface area contributed by atoms with Crippen molar-refractivity contribution >= 4 is 23.0 Å². The van der Waals surface area contributed by atoms with Crippen LogP contribution in [0.25, 0.3) is 16.5 Å². The lowest BCUT2D eigenvalue weighted by atomic mass is 10.1. The number of imidazole rings is 1. The first-order valence-electron chi connectivity index (χ1n) is 5.52. The molecule has 0 saturated carbocycles. The fraction of sp³-hybridized carbons (Fsp3) is 0.0714. The van der Waals surface area contributed by atoms with Crippen LogP contribution < -0.4 is 0 Å². The van der Waals surface area contributed by atoms with Gasteiger partial charge >= 0.3 is 0 Å². The van der Waals surface area contributed by atoms with Crippen LogP contribution in [0.15, 0.2) is 48.7 Å². The highest BCUT2D eigenvalue weighted by Crippen LogP contribution is 2.22. The predicted octanol–water partition coefficient (Wildman–Crippen LogP) is 4.00. The highest BCUT2D eigenvalue weighted by molar-refractivity contribution is 7.71. The lowest BCUT2D eigenvalue weighted by Gasteiger charge is -2.06. The summed E-state index contributed by atoms with van der Waals surface area (Å²) in [6.07, 6.45) is 2.03. The van der Waals surface area contributed by atoms with Crippen molar-refractivity contribution in [2.75, 3.05) is 0 Å². The van der Waals surface area contributed by atoms with Crippen molar-refractivity contribution in [3.63, 3.8) is 0 Å². The smallest absolute Gasteiger partial charge is 0.182 e. The van der Waals surface area contributed by atoms with E-state index < -0.39 is 0 Å². The molecule has 0 aliphatic carbocycles. The Hall–Kier alpha value is -1.87. The second-order valence-corrected chi connectivity index (χ2v) is 4.50. The van der Waals surface area contributed by atoms with Crippen LogP contribution in [-0.4, -0.2) is 9.55 Å². The van der Waals surface area contributed by atoms with Gasteiger partial charge in [0.25, 0.3) is 0 Å². The van der Waals surface area contributed by atoms with E-state index in [9.17, 15) is 0 Å². The lowest BCUT2D eigenvalue weighted by molar-refractivity contribution is 1.04. The van der Waals surface area contributed by atoms with Crippen molar-refractivity contribution in [2.45, 2.75) is 6.92 Å². The van der Waals surface area contributed by atoms with Gasteiger partial charge in [-0.05, 0) is 30.6 Å². The molecule has 0 aliphatic heterocycles. The molecule has 0 fully saturated rings. The second kappa shape index (κ2) is 3.86. The van der Waals surface area contributed by atoms with Crippen LogP contribution in [0.4, 0.5) is 0 Å². The number of benzene rings is 2. The fourth-order valence-electron chi connectivity index (χ4n) is 2.11. The first-order valence-corrected chi connectivity index (χ1v) is 5.93. The summed E-state index contributed by atoms with van der Waals surface area (Å²) in [4.78, 5) is 3.15. The molecule has 1 aromatic heterocycles. The molecule has 2 aromatic carbocycles. The molecule has 3 heteroatoms. The predicted molar refractivity (Wildman–Crippen MR) is 73.2 cm³/mol. The van der Waals surface area contributed by atoms with Gasteiger partial charge in [0.2, 0.25) is 0 Å². The van der Waals surface area contributed by atoms with Gasteiger partial charge in [0.1, 0.15) is 0 Å². The molecular formula is C14H12N2S. The molecular weight excluding hydrogens is 228 g/mol. The zero-order valence-corrected chi connectivity index (χ0v) is 10.3. The lowest BCUT2D eigenvalue weighted by Crippen LogP contribution is -1.93. The molecule has 0 unspecified atom stereocenters. The first kappa shape index (κ1) is 10.3. The molecule has 1 N–H and O–H groups in total. The van der Waals surface area contributed by atoms with E-state index in [4.69, 9.17) is 12.2 Å². The Bertz CT molecular complexity index is 732. The van der Waals surface area contributed by atoms with E-state index in [2.05, 4.69) is 41.4 Å². The second-order valence-electron chi connectivity index (χ2n) is 4.11. The van der Waals surface area contributed by atoms with Crippen LogP contribution in [0.1, 0.15) is 5.69 Å². The van der Waals surface area contributed by atoms with Crippen molar-refractivity contribution < 1.29 is 0 Å². The SMILES string of the molecule is Cc1cn(-c2cccc3ccccc23)c(=S)[nH]1. The Balaban J connectivity index is 2.38. The Kier molecular flexibility index (Phi) is 2.34. The van der Waals surface area contributed by atoms with E-state index in [0.29, 0.717) is 0 Å². The minimum Gasteiger partial charge on any atom is -0.335 e. The van der Waals surface area contributed by atoms with Crippen molar-refractivity contribution in [1.29, 1.82) is 0 Å². The molecule has 0 saturated heterocycles. The molecule has 0 amide bonds. The number of nitrogens with one attached hydrogen (secondary N) is 1. The Morgan fingerprint density at radius 1 is 1.06 bits per heavy atom. The number of aryl methyl sites for hydroxylation is 1. The number of rotatable bonds is 1. The van der Waals surface area contributed by atoms with Gasteiger partial charge < -0.3 is 4.98 Å². The molecule has 17 heavy (non-hydrogen) atoms. The number of H-pyrrole nitrogens is 1. The first-order chi connectivity index (χ1) is 8.25. The third-order valence-electron chi connectivity index (χ3n) is 2.87. The van der Waals surface area contributed by atoms with Gasteiger partial charge in [0.15, 0.2) is 4.77 Å². The van der Waals surface area contributed by atoms with Crippen LogP contribution in [0.3, 0.4) is 0 Å². The van der Waals surface area contributed by atoms with E-state index in [1.165, 1.54) is 10.8 Å². The summed E-state index contributed by atoms with van der Waals surface area (Å²) >= 11 is 5.33. The van der Waals surface area contributed by atoms with Crippen molar-refractivity contribution in [1.82, 2.24) is 9.55 Å². The van der Waals surface area contributed by atoms with E-state index >= 15 is 0 Å². The summed E-state index contributed by atoms with van der Waals surface area (Å²) in [6.45, 7) is 2.01. The summed E-state index contributed by atoms with van der Waals surface area (Å²) in [6, 6.07) is 14.6. The molecule has 2 nitrogen and oxygen atoms in total. The summed E-state index contributed by atoms with van der Waals surface area (Å²) in [5.41, 5.74) is 2.19. The quantitative estimate of drug-likeness (QED) is 0.638. The zero-order valence-electron chi connectivity index (χ0n) is 9.47. The van der Waals surface area contributed by atoms with E-state index in [1.54, 1.807) is 0 Å². The minimum atomic E-state index is 0.735. The van der Waals surface area contributed by atoms with Crippen molar-refractivity contribution in [3.8, 4) is 5.69 Å². The Morgan fingerprint density at radius 2 is 1.82 bits per heavy atom. The van der Waals surface area contributed by atoms with E-state index in [-0.39, 0.29) is 0 Å². The monoisotopic (exact) mass is 240 g/mol. The normalized spacial score (nSPS) is 10.9. The van der Waals surface area contributed by atoms with Gasteiger partial charge in [-0.25, -0.2) is 0 Å². The van der Waals surface area contributed by atoms with Gasteiger partial charge in [0, 0.05) is 17.3 Å². The van der Waals surface area contributed by atoms with Crippen LogP contribution in [0, 0.1) is 11.7 Å². The van der Waals surface area contributed by atoms with Crippen LogP contribution in [0.5, 0.6) is 0 Å². The highest BCUT2D eigenvalue weighted by atomic mass is 32.1. The van der Waals surface area contributed by atoms with E-state index in [1.807, 2.05) is 23.8 Å². The van der Waals surface area contributed by atoms with Gasteiger partial charge in [-0.3, -0.25) is 4.57 Å². The molecule has 0 bridgehead atoms. The largest absolute Gasteiger partial charge is 0.335 e. The highest BCUT2D eigenvalue weighted by Gasteiger charge is 2.04.